The molecule has 0 radical (unpaired) electrons. The number of hydrogen-bond acceptors (Lipinski definition) is 2. The molecule has 1 N–H and O–H groups in total. The van der Waals surface area contributed by atoms with E-state index >= 15 is 0 Å². The van der Waals surface area contributed by atoms with Gasteiger partial charge in [-0.25, -0.2) is 4.52 Å². The van der Waals surface area contributed by atoms with Crippen LogP contribution in [0.2, 0.25) is 0 Å². The zero-order chi connectivity index (χ0) is 13.0. The van der Waals surface area contributed by atoms with Crippen LogP contribution in [-0.2, 0) is 0 Å². The minimum Gasteiger partial charge on any atom is -0.349 e. The Morgan fingerprint density at radius 2 is 2.39 bits per heavy atom. The highest BCUT2D eigenvalue weighted by Gasteiger charge is 2.14. The van der Waals surface area contributed by atoms with Crippen molar-refractivity contribution in [2.45, 2.75) is 25.8 Å². The van der Waals surface area contributed by atoms with Crippen molar-refractivity contribution in [2.24, 2.45) is 0 Å². The van der Waals surface area contributed by atoms with E-state index in [1.54, 1.807) is 10.7 Å². The zero-order valence-corrected chi connectivity index (χ0v) is 11.9. The summed E-state index contributed by atoms with van der Waals surface area (Å²) < 4.78 is 1.71. The molecule has 0 spiro atoms. The summed E-state index contributed by atoms with van der Waals surface area (Å²) in [5.74, 6) is -0.0572. The Labute approximate surface area is 115 Å². The number of carbonyl (C=O) groups excluding carboxylic acids is 1. The molecule has 1 unspecified atom stereocenters. The van der Waals surface area contributed by atoms with Crippen molar-refractivity contribution in [1.29, 1.82) is 0 Å². The summed E-state index contributed by atoms with van der Waals surface area (Å²) in [7, 11) is 0. The number of alkyl halides is 1. The lowest BCUT2D eigenvalue weighted by molar-refractivity contribution is 0.0940. The van der Waals surface area contributed by atoms with E-state index in [9.17, 15) is 4.79 Å². The first kappa shape index (κ1) is 13.1. The molecule has 96 valence electrons. The summed E-state index contributed by atoms with van der Waals surface area (Å²) in [5, 5.41) is 8.12. The molecule has 18 heavy (non-hydrogen) atoms. The molecule has 0 saturated carbocycles. The van der Waals surface area contributed by atoms with Gasteiger partial charge in [0.1, 0.15) is 0 Å². The molecule has 2 aromatic heterocycles. The van der Waals surface area contributed by atoms with Crippen molar-refractivity contribution in [2.75, 3.05) is 5.33 Å². The first-order valence-corrected chi connectivity index (χ1v) is 7.13. The van der Waals surface area contributed by atoms with E-state index in [0.29, 0.717) is 5.56 Å². The van der Waals surface area contributed by atoms with Gasteiger partial charge in [-0.1, -0.05) is 22.0 Å². The summed E-state index contributed by atoms with van der Waals surface area (Å²) in [6.45, 7) is 2.02. The normalized spacial score (nSPS) is 12.6. The summed E-state index contributed by atoms with van der Waals surface area (Å²) in [5.41, 5.74) is 1.46. The van der Waals surface area contributed by atoms with Gasteiger partial charge in [0.25, 0.3) is 5.91 Å². The van der Waals surface area contributed by atoms with Crippen molar-refractivity contribution in [3.8, 4) is 0 Å². The predicted molar refractivity (Wildman–Crippen MR) is 75.1 cm³/mol. The van der Waals surface area contributed by atoms with Crippen LogP contribution < -0.4 is 5.32 Å². The van der Waals surface area contributed by atoms with E-state index in [1.807, 2.05) is 31.3 Å². The van der Waals surface area contributed by atoms with Crippen LogP contribution >= 0.6 is 15.9 Å². The van der Waals surface area contributed by atoms with Crippen molar-refractivity contribution in [1.82, 2.24) is 14.9 Å². The molecule has 1 amide bonds. The molecule has 2 rings (SSSR count). The van der Waals surface area contributed by atoms with Gasteiger partial charge in [0, 0.05) is 17.6 Å². The maximum absolute atomic E-state index is 12.1. The molecule has 0 aliphatic carbocycles. The van der Waals surface area contributed by atoms with Crippen LogP contribution in [0.25, 0.3) is 5.52 Å². The average molecular weight is 310 g/mol. The van der Waals surface area contributed by atoms with Crippen LogP contribution in [0.4, 0.5) is 0 Å². The highest BCUT2D eigenvalue weighted by atomic mass is 79.9. The van der Waals surface area contributed by atoms with Crippen LogP contribution in [0.15, 0.2) is 30.6 Å². The Hall–Kier alpha value is -1.36. The molecule has 0 aliphatic rings. The van der Waals surface area contributed by atoms with E-state index in [2.05, 4.69) is 26.3 Å². The monoisotopic (exact) mass is 309 g/mol. The standard InChI is InChI=1S/C13H16BrN3O/c1-10(5-4-7-14)16-13(18)11-9-15-17-8-3-2-6-12(11)17/h2-3,6,8-10H,4-5,7H2,1H3,(H,16,18). The number of halogens is 1. The third-order valence-corrected chi connectivity index (χ3v) is 3.38. The summed E-state index contributed by atoms with van der Waals surface area (Å²) in [4.78, 5) is 12.1. The van der Waals surface area contributed by atoms with Gasteiger partial charge in [-0.3, -0.25) is 4.79 Å². The number of pyridine rings is 1. The van der Waals surface area contributed by atoms with Crippen molar-refractivity contribution >= 4 is 27.4 Å². The van der Waals surface area contributed by atoms with Crippen LogP contribution in [-0.4, -0.2) is 26.9 Å². The molecule has 2 aromatic rings. The lowest BCUT2D eigenvalue weighted by Crippen LogP contribution is -2.32. The van der Waals surface area contributed by atoms with Gasteiger partial charge in [0.05, 0.1) is 17.3 Å². The Kier molecular flexibility index (Phi) is 4.36. The number of hydrogen-bond donors (Lipinski definition) is 1. The summed E-state index contributed by atoms with van der Waals surface area (Å²) in [6.07, 6.45) is 5.47. The van der Waals surface area contributed by atoms with Crippen molar-refractivity contribution in [3.63, 3.8) is 0 Å². The third kappa shape index (κ3) is 2.90. The van der Waals surface area contributed by atoms with E-state index in [0.717, 1.165) is 23.7 Å². The molecule has 0 bridgehead atoms. The van der Waals surface area contributed by atoms with E-state index in [1.165, 1.54) is 0 Å². The largest absolute Gasteiger partial charge is 0.349 e. The van der Waals surface area contributed by atoms with E-state index in [-0.39, 0.29) is 11.9 Å². The Bertz CT molecular complexity index is 538. The molecule has 1 atom stereocenters. The van der Waals surface area contributed by atoms with Gasteiger partial charge in [-0.15, -0.1) is 0 Å². The van der Waals surface area contributed by atoms with Crippen LogP contribution in [0.1, 0.15) is 30.1 Å². The first-order valence-electron chi connectivity index (χ1n) is 6.01. The quantitative estimate of drug-likeness (QED) is 0.863. The smallest absolute Gasteiger partial charge is 0.255 e. The molecule has 0 aromatic carbocycles. The lowest BCUT2D eigenvalue weighted by Gasteiger charge is -2.12. The Morgan fingerprint density at radius 1 is 1.56 bits per heavy atom. The van der Waals surface area contributed by atoms with E-state index < -0.39 is 0 Å². The van der Waals surface area contributed by atoms with Gasteiger partial charge < -0.3 is 5.32 Å². The molecule has 0 saturated heterocycles. The molecule has 2 heterocycles. The fourth-order valence-electron chi connectivity index (χ4n) is 1.87. The van der Waals surface area contributed by atoms with E-state index in [4.69, 9.17) is 0 Å². The minimum atomic E-state index is -0.0572. The van der Waals surface area contributed by atoms with Crippen molar-refractivity contribution < 1.29 is 4.79 Å². The fraction of sp³-hybridized carbons (Fsp3) is 0.385. The zero-order valence-electron chi connectivity index (χ0n) is 10.3. The van der Waals surface area contributed by atoms with Crippen LogP contribution in [0.3, 0.4) is 0 Å². The van der Waals surface area contributed by atoms with Gasteiger partial charge in [0.15, 0.2) is 0 Å². The molecule has 5 heteroatoms. The number of amides is 1. The van der Waals surface area contributed by atoms with Gasteiger partial charge in [-0.2, -0.15) is 5.10 Å². The molecule has 0 aliphatic heterocycles. The number of nitrogens with one attached hydrogen (secondary N) is 1. The Morgan fingerprint density at radius 3 is 3.17 bits per heavy atom. The van der Waals surface area contributed by atoms with Gasteiger partial charge >= 0.3 is 0 Å². The lowest BCUT2D eigenvalue weighted by atomic mass is 10.2. The maximum atomic E-state index is 12.1. The number of aromatic nitrogens is 2. The number of nitrogens with zero attached hydrogens (tertiary/aromatic N) is 2. The maximum Gasteiger partial charge on any atom is 0.255 e. The second-order valence-electron chi connectivity index (χ2n) is 4.29. The van der Waals surface area contributed by atoms with Gasteiger partial charge in [-0.05, 0) is 31.9 Å². The first-order chi connectivity index (χ1) is 8.72. The number of carbonyl (C=O) groups is 1. The second-order valence-corrected chi connectivity index (χ2v) is 5.09. The molecular formula is C13H16BrN3O. The summed E-state index contributed by atoms with van der Waals surface area (Å²) in [6, 6.07) is 5.86. The summed E-state index contributed by atoms with van der Waals surface area (Å²) >= 11 is 3.39. The highest BCUT2D eigenvalue weighted by molar-refractivity contribution is 9.09. The van der Waals surface area contributed by atoms with Crippen LogP contribution in [0, 0.1) is 0 Å². The predicted octanol–water partition coefficient (Wildman–Crippen LogP) is 2.63. The average Bonchev–Trinajstić information content (AvgIpc) is 2.80. The highest BCUT2D eigenvalue weighted by Crippen LogP contribution is 2.10. The topological polar surface area (TPSA) is 46.4 Å². The van der Waals surface area contributed by atoms with Crippen LogP contribution in [0.5, 0.6) is 0 Å². The minimum absolute atomic E-state index is 0.0572. The Balaban J connectivity index is 2.09. The van der Waals surface area contributed by atoms with Gasteiger partial charge in [0.2, 0.25) is 0 Å². The molecular weight excluding hydrogens is 294 g/mol. The van der Waals surface area contributed by atoms with Crippen molar-refractivity contribution in [3.05, 3.63) is 36.2 Å². The fourth-order valence-corrected chi connectivity index (χ4v) is 2.19. The molecule has 0 fully saturated rings. The molecule has 4 nitrogen and oxygen atoms in total. The SMILES string of the molecule is CC(CCCBr)NC(=O)c1cnn2ccccc12. The third-order valence-electron chi connectivity index (χ3n) is 2.82. The second kappa shape index (κ2) is 6.00. The number of rotatable bonds is 5. The number of fused-ring (bicyclic) bond motifs is 1.